The molecule has 0 spiro atoms. The smallest absolute Gasteiger partial charge is 0.455 e. The van der Waals surface area contributed by atoms with E-state index in [1.165, 1.54) is 0 Å². The maximum Gasteiger partial charge on any atom is 0.905 e. The average Bonchev–Trinajstić information content (AvgIpc) is 2.05. The molecule has 0 heterocycles. The van der Waals surface area contributed by atoms with Gasteiger partial charge in [-0.2, -0.15) is 0 Å². The minimum Gasteiger partial charge on any atom is -0.455 e. The summed E-state index contributed by atoms with van der Waals surface area (Å²) in [5, 5.41) is 0. The van der Waals surface area contributed by atoms with E-state index >= 15 is 0 Å². The van der Waals surface area contributed by atoms with Gasteiger partial charge in [0.2, 0.25) is 0 Å². The summed E-state index contributed by atoms with van der Waals surface area (Å²) in [6.45, 7) is 9.50. The standard InChI is InChI=1S/C5H11O.2C2H5O.Al/c1-3-4-5(2)6;2*1-2-3;/h5H,3-4H2,1-2H3;2*2H2,1H3;/q3*-1;+3. The predicted molar refractivity (Wildman–Crippen MR) is 54.5 cm³/mol. The van der Waals surface area contributed by atoms with Crippen LogP contribution in [0.3, 0.4) is 0 Å². The first kappa shape index (κ1) is 13.4. The van der Waals surface area contributed by atoms with E-state index < -0.39 is 15.1 Å². The first-order chi connectivity index (χ1) is 6.24. The Morgan fingerprint density at radius 1 is 1.08 bits per heavy atom. The van der Waals surface area contributed by atoms with Crippen LogP contribution >= 0.6 is 0 Å². The highest BCUT2D eigenvalue weighted by Crippen LogP contribution is 2.04. The third-order valence-corrected chi connectivity index (χ3v) is 3.54. The molecule has 0 fully saturated rings. The molecule has 0 amide bonds. The monoisotopic (exact) mass is 204 g/mol. The van der Waals surface area contributed by atoms with Crippen LogP contribution in [-0.4, -0.2) is 34.5 Å². The molecule has 0 saturated heterocycles. The molecule has 0 aliphatic carbocycles. The van der Waals surface area contributed by atoms with Crippen LogP contribution in [0.5, 0.6) is 0 Å². The molecule has 0 aromatic rings. The zero-order valence-electron chi connectivity index (χ0n) is 9.21. The molecular formula is C9H21AlO3. The molecule has 0 aromatic carbocycles. The Labute approximate surface area is 86.8 Å². The fourth-order valence-electron chi connectivity index (χ4n) is 1.06. The Balaban J connectivity index is 3.64. The molecule has 0 aromatic heterocycles. The minimum absolute atomic E-state index is 0.264. The lowest BCUT2D eigenvalue weighted by molar-refractivity contribution is 0.0667. The zero-order valence-corrected chi connectivity index (χ0v) is 10.4. The van der Waals surface area contributed by atoms with Gasteiger partial charge in [0, 0.05) is 19.3 Å². The van der Waals surface area contributed by atoms with Crippen LogP contribution < -0.4 is 0 Å². The van der Waals surface area contributed by atoms with Crippen molar-refractivity contribution >= 4 is 15.1 Å². The average molecular weight is 204 g/mol. The minimum atomic E-state index is -1.82. The molecule has 78 valence electrons. The molecule has 4 heteroatoms. The number of hydrogen-bond donors (Lipinski definition) is 0. The van der Waals surface area contributed by atoms with Crippen molar-refractivity contribution in [2.24, 2.45) is 0 Å². The van der Waals surface area contributed by atoms with E-state index in [1.807, 2.05) is 13.8 Å². The van der Waals surface area contributed by atoms with Gasteiger partial charge in [-0.3, -0.25) is 0 Å². The number of hydrogen-bond acceptors (Lipinski definition) is 3. The molecule has 1 unspecified atom stereocenters. The number of rotatable bonds is 8. The lowest BCUT2D eigenvalue weighted by Gasteiger charge is -2.16. The van der Waals surface area contributed by atoms with Crippen LogP contribution in [0.15, 0.2) is 0 Å². The first-order valence-electron chi connectivity index (χ1n) is 5.13. The molecule has 0 radical (unpaired) electrons. The van der Waals surface area contributed by atoms with Crippen LogP contribution in [0, 0.1) is 0 Å². The van der Waals surface area contributed by atoms with E-state index in [1.54, 1.807) is 0 Å². The molecule has 0 N–H and O–H groups in total. The van der Waals surface area contributed by atoms with Gasteiger partial charge >= 0.3 is 15.1 Å². The molecule has 0 bridgehead atoms. The van der Waals surface area contributed by atoms with Gasteiger partial charge in [-0.05, 0) is 27.2 Å². The van der Waals surface area contributed by atoms with Crippen LogP contribution in [-0.2, 0) is 11.4 Å². The Morgan fingerprint density at radius 3 is 2.00 bits per heavy atom. The summed E-state index contributed by atoms with van der Waals surface area (Å²) in [6.07, 6.45) is 2.48. The molecule has 1 atom stereocenters. The second kappa shape index (κ2) is 8.99. The summed E-state index contributed by atoms with van der Waals surface area (Å²) in [5.41, 5.74) is 0. The second-order valence-corrected chi connectivity index (χ2v) is 4.45. The van der Waals surface area contributed by atoms with Crippen molar-refractivity contribution in [3.63, 3.8) is 0 Å². The van der Waals surface area contributed by atoms with E-state index in [-0.39, 0.29) is 6.10 Å². The van der Waals surface area contributed by atoms with E-state index in [2.05, 4.69) is 13.8 Å². The summed E-state index contributed by atoms with van der Waals surface area (Å²) < 4.78 is 16.5. The summed E-state index contributed by atoms with van der Waals surface area (Å²) >= 11 is -1.82. The van der Waals surface area contributed by atoms with Crippen molar-refractivity contribution in [2.75, 3.05) is 13.2 Å². The van der Waals surface area contributed by atoms with Crippen molar-refractivity contribution in [2.45, 2.75) is 46.6 Å². The Kier molecular flexibility index (Phi) is 9.27. The highest BCUT2D eigenvalue weighted by atomic mass is 27.3. The van der Waals surface area contributed by atoms with Gasteiger partial charge in [0.25, 0.3) is 0 Å². The largest absolute Gasteiger partial charge is 0.905 e. The van der Waals surface area contributed by atoms with Gasteiger partial charge in [0.05, 0.1) is 0 Å². The van der Waals surface area contributed by atoms with E-state index in [4.69, 9.17) is 11.4 Å². The SMILES string of the molecule is CCCC(C)[O][Al]([O]CC)[O]CC. The summed E-state index contributed by atoms with van der Waals surface area (Å²) in [4.78, 5) is 0. The molecular weight excluding hydrogens is 183 g/mol. The first-order valence-corrected chi connectivity index (χ1v) is 6.54. The van der Waals surface area contributed by atoms with Gasteiger partial charge < -0.3 is 11.4 Å². The van der Waals surface area contributed by atoms with Crippen molar-refractivity contribution in [1.29, 1.82) is 0 Å². The Hall–Kier alpha value is 0.412. The Bertz CT molecular complexity index is 105. The summed E-state index contributed by atoms with van der Waals surface area (Å²) in [5.74, 6) is 0. The van der Waals surface area contributed by atoms with Gasteiger partial charge in [0.1, 0.15) is 0 Å². The normalized spacial score (nSPS) is 12.9. The lowest BCUT2D eigenvalue weighted by atomic mass is 10.2. The zero-order chi connectivity index (χ0) is 10.1. The molecule has 3 nitrogen and oxygen atoms in total. The molecule has 0 saturated carbocycles. The molecule has 0 aliphatic rings. The van der Waals surface area contributed by atoms with Crippen LogP contribution in [0.4, 0.5) is 0 Å². The highest BCUT2D eigenvalue weighted by Gasteiger charge is 2.31. The second-order valence-electron chi connectivity index (χ2n) is 2.93. The van der Waals surface area contributed by atoms with Crippen molar-refractivity contribution < 1.29 is 11.4 Å². The summed E-state index contributed by atoms with van der Waals surface area (Å²) in [7, 11) is 0. The quantitative estimate of drug-likeness (QED) is 0.567. The highest BCUT2D eigenvalue weighted by molar-refractivity contribution is 6.36. The topological polar surface area (TPSA) is 27.7 Å². The van der Waals surface area contributed by atoms with E-state index in [9.17, 15) is 0 Å². The Morgan fingerprint density at radius 2 is 1.62 bits per heavy atom. The lowest BCUT2D eigenvalue weighted by Crippen LogP contribution is -2.31. The van der Waals surface area contributed by atoms with Crippen LogP contribution in [0.1, 0.15) is 40.5 Å². The summed E-state index contributed by atoms with van der Waals surface area (Å²) in [6, 6.07) is 0. The third-order valence-electron chi connectivity index (χ3n) is 1.64. The van der Waals surface area contributed by atoms with Crippen molar-refractivity contribution in [1.82, 2.24) is 0 Å². The van der Waals surface area contributed by atoms with E-state index in [0.29, 0.717) is 13.2 Å². The molecule has 0 rings (SSSR count). The van der Waals surface area contributed by atoms with Gasteiger partial charge in [-0.15, -0.1) is 0 Å². The molecule has 13 heavy (non-hydrogen) atoms. The van der Waals surface area contributed by atoms with Gasteiger partial charge in [-0.1, -0.05) is 13.3 Å². The van der Waals surface area contributed by atoms with E-state index in [0.717, 1.165) is 12.8 Å². The van der Waals surface area contributed by atoms with Crippen molar-refractivity contribution in [3.05, 3.63) is 0 Å². The van der Waals surface area contributed by atoms with Gasteiger partial charge in [-0.25, -0.2) is 0 Å². The fourth-order valence-corrected chi connectivity index (χ4v) is 2.38. The predicted octanol–water partition coefficient (Wildman–Crippen LogP) is 2.25. The third kappa shape index (κ3) is 7.48. The van der Waals surface area contributed by atoms with Crippen LogP contribution in [0.2, 0.25) is 0 Å². The van der Waals surface area contributed by atoms with Crippen LogP contribution in [0.25, 0.3) is 0 Å². The van der Waals surface area contributed by atoms with Crippen molar-refractivity contribution in [3.8, 4) is 0 Å². The maximum absolute atomic E-state index is 5.67. The van der Waals surface area contributed by atoms with Gasteiger partial charge in [0.15, 0.2) is 0 Å². The fraction of sp³-hybridized carbons (Fsp3) is 1.00. The maximum atomic E-state index is 5.67. The molecule has 0 aliphatic heterocycles.